The second-order valence-electron chi connectivity index (χ2n) is 5.51. The molecule has 0 saturated carbocycles. The molecular weight excluding hydrogens is 322 g/mol. The van der Waals surface area contributed by atoms with E-state index >= 15 is 0 Å². The number of hydrogen-bond donors (Lipinski definition) is 1. The molecule has 130 valence electrons. The van der Waals surface area contributed by atoms with Crippen molar-refractivity contribution < 1.29 is 13.9 Å². The summed E-state index contributed by atoms with van der Waals surface area (Å²) in [4.78, 5) is 28.3. The average molecular weight is 341 g/mol. The molecule has 1 N–H and O–H groups in total. The summed E-state index contributed by atoms with van der Waals surface area (Å²) in [7, 11) is 1.55. The number of carbonyl (C=O) groups excluding carboxylic acids is 1. The van der Waals surface area contributed by atoms with Crippen LogP contribution in [0.4, 0.5) is 0 Å². The Kier molecular flexibility index (Phi) is 4.83. The number of nitrogens with zero attached hydrogens (tertiary/aromatic N) is 2. The first-order chi connectivity index (χ1) is 12.1. The summed E-state index contributed by atoms with van der Waals surface area (Å²) in [5.41, 5.74) is 1.15. The lowest BCUT2D eigenvalue weighted by molar-refractivity contribution is 0.0926. The van der Waals surface area contributed by atoms with Crippen molar-refractivity contribution in [3.8, 4) is 5.75 Å². The number of ether oxygens (including phenoxy) is 1. The molecule has 0 aliphatic heterocycles. The predicted molar refractivity (Wildman–Crippen MR) is 93.0 cm³/mol. The lowest BCUT2D eigenvalue weighted by Crippen LogP contribution is -2.30. The van der Waals surface area contributed by atoms with Crippen molar-refractivity contribution in [3.05, 3.63) is 58.5 Å². The zero-order valence-electron chi connectivity index (χ0n) is 14.1. The topological polar surface area (TPSA) is 86.4 Å². The molecule has 3 aromatic rings. The summed E-state index contributed by atoms with van der Waals surface area (Å²) in [5.74, 6) is 0.431. The third-order valence-corrected chi connectivity index (χ3v) is 3.89. The second-order valence-corrected chi connectivity index (χ2v) is 5.51. The van der Waals surface area contributed by atoms with Crippen LogP contribution in [0.15, 0.2) is 45.9 Å². The number of carbonyl (C=O) groups is 1. The van der Waals surface area contributed by atoms with Gasteiger partial charge in [0.1, 0.15) is 0 Å². The molecule has 0 saturated heterocycles. The van der Waals surface area contributed by atoms with Gasteiger partial charge in [0.15, 0.2) is 17.1 Å². The molecule has 7 nitrogen and oxygen atoms in total. The highest BCUT2D eigenvalue weighted by molar-refractivity contribution is 5.97. The van der Waals surface area contributed by atoms with Crippen molar-refractivity contribution in [2.24, 2.45) is 0 Å². The van der Waals surface area contributed by atoms with Crippen LogP contribution >= 0.6 is 0 Å². The fourth-order valence-corrected chi connectivity index (χ4v) is 2.51. The molecule has 1 amide bonds. The number of para-hydroxylation sites is 1. The minimum absolute atomic E-state index is 0.130. The summed E-state index contributed by atoms with van der Waals surface area (Å²) >= 11 is 0. The molecule has 0 aliphatic carbocycles. The number of fused-ring (bicyclic) bond motifs is 1. The minimum atomic E-state index is -0.343. The van der Waals surface area contributed by atoms with Crippen molar-refractivity contribution >= 4 is 16.9 Å². The highest BCUT2D eigenvalue weighted by Crippen LogP contribution is 2.28. The Bertz CT molecular complexity index is 958. The monoisotopic (exact) mass is 341 g/mol. The largest absolute Gasteiger partial charge is 0.493 e. The van der Waals surface area contributed by atoms with E-state index in [-0.39, 0.29) is 17.2 Å². The van der Waals surface area contributed by atoms with Crippen LogP contribution < -0.4 is 15.6 Å². The Morgan fingerprint density at radius 2 is 2.20 bits per heavy atom. The zero-order chi connectivity index (χ0) is 17.8. The van der Waals surface area contributed by atoms with Gasteiger partial charge >= 0.3 is 0 Å². The first-order valence-corrected chi connectivity index (χ1v) is 8.02. The van der Waals surface area contributed by atoms with E-state index < -0.39 is 0 Å². The summed E-state index contributed by atoms with van der Waals surface area (Å²) in [6.07, 6.45) is 2.21. The van der Waals surface area contributed by atoms with Crippen LogP contribution in [0, 0.1) is 0 Å². The quantitative estimate of drug-likeness (QED) is 0.741. The van der Waals surface area contributed by atoms with Crippen LogP contribution in [0.25, 0.3) is 11.0 Å². The van der Waals surface area contributed by atoms with E-state index in [9.17, 15) is 9.59 Å². The second kappa shape index (κ2) is 7.21. The summed E-state index contributed by atoms with van der Waals surface area (Å²) < 4.78 is 12.3. The van der Waals surface area contributed by atoms with Crippen LogP contribution in [0.1, 0.15) is 23.2 Å². The minimum Gasteiger partial charge on any atom is -0.493 e. The highest BCUT2D eigenvalue weighted by atomic mass is 16.5. The molecule has 1 aromatic carbocycles. The lowest BCUT2D eigenvalue weighted by Gasteiger charge is -2.06. The highest BCUT2D eigenvalue weighted by Gasteiger charge is 2.14. The molecule has 0 spiro atoms. The van der Waals surface area contributed by atoms with E-state index in [1.807, 2.05) is 19.1 Å². The Labute approximate surface area is 144 Å². The first-order valence-electron chi connectivity index (χ1n) is 8.02. The number of aryl methyl sites for hydroxylation is 1. The Morgan fingerprint density at radius 1 is 1.36 bits per heavy atom. The third kappa shape index (κ3) is 3.55. The van der Waals surface area contributed by atoms with Gasteiger partial charge in [-0.1, -0.05) is 19.1 Å². The number of methoxy groups -OCH3 is 1. The predicted octanol–water partition coefficient (Wildman–Crippen LogP) is 1.99. The van der Waals surface area contributed by atoms with E-state index in [2.05, 4.69) is 10.3 Å². The van der Waals surface area contributed by atoms with Crippen LogP contribution in [0.2, 0.25) is 0 Å². The summed E-state index contributed by atoms with van der Waals surface area (Å²) in [5, 5.41) is 3.53. The average Bonchev–Trinajstić information content (AvgIpc) is 3.07. The van der Waals surface area contributed by atoms with Gasteiger partial charge in [0.25, 0.3) is 11.5 Å². The van der Waals surface area contributed by atoms with Crippen LogP contribution in [-0.4, -0.2) is 29.1 Å². The molecule has 7 heteroatoms. The normalized spacial score (nSPS) is 10.8. The molecular formula is C18H19N3O4. The van der Waals surface area contributed by atoms with E-state index in [0.717, 1.165) is 11.1 Å². The molecule has 3 rings (SSSR count). The number of nitrogens with one attached hydrogen (secondary N) is 1. The molecule has 0 atom stereocenters. The molecule has 2 heterocycles. The zero-order valence-corrected chi connectivity index (χ0v) is 14.1. The smallest absolute Gasteiger partial charge is 0.287 e. The van der Waals surface area contributed by atoms with Gasteiger partial charge in [-0.05, 0) is 18.6 Å². The van der Waals surface area contributed by atoms with Gasteiger partial charge in [-0.3, -0.25) is 14.2 Å². The lowest BCUT2D eigenvalue weighted by atomic mass is 10.2. The number of aromatic nitrogens is 2. The summed E-state index contributed by atoms with van der Waals surface area (Å²) in [6, 6.07) is 8.62. The molecule has 0 bridgehead atoms. The van der Waals surface area contributed by atoms with Gasteiger partial charge in [0.2, 0.25) is 0 Å². The van der Waals surface area contributed by atoms with Gasteiger partial charge < -0.3 is 14.5 Å². The van der Waals surface area contributed by atoms with E-state index in [4.69, 9.17) is 9.15 Å². The van der Waals surface area contributed by atoms with Gasteiger partial charge in [-0.2, -0.15) is 0 Å². The maximum absolute atomic E-state index is 12.2. The van der Waals surface area contributed by atoms with Gasteiger partial charge in [0.05, 0.1) is 13.4 Å². The van der Waals surface area contributed by atoms with Crippen molar-refractivity contribution in [2.45, 2.75) is 19.9 Å². The number of furan rings is 1. The SMILES string of the molecule is CCc1cc(=O)n(CCNC(=O)c2cc3cccc(OC)c3o2)cn1. The van der Waals surface area contributed by atoms with Gasteiger partial charge in [0, 0.05) is 30.2 Å². The van der Waals surface area contributed by atoms with E-state index in [1.165, 1.54) is 17.0 Å². The van der Waals surface area contributed by atoms with E-state index in [1.54, 1.807) is 19.2 Å². The molecule has 0 fully saturated rings. The van der Waals surface area contributed by atoms with Crippen LogP contribution in [0.5, 0.6) is 5.75 Å². The number of hydrogen-bond acceptors (Lipinski definition) is 5. The van der Waals surface area contributed by atoms with Crippen molar-refractivity contribution in [3.63, 3.8) is 0 Å². The fourth-order valence-electron chi connectivity index (χ4n) is 2.51. The number of rotatable bonds is 6. The Balaban J connectivity index is 1.66. The first kappa shape index (κ1) is 16.8. The maximum Gasteiger partial charge on any atom is 0.287 e. The van der Waals surface area contributed by atoms with Crippen LogP contribution in [0.3, 0.4) is 0 Å². The fraction of sp³-hybridized carbons (Fsp3) is 0.278. The Hall–Kier alpha value is -3.09. The van der Waals surface area contributed by atoms with Crippen molar-refractivity contribution in [2.75, 3.05) is 13.7 Å². The van der Waals surface area contributed by atoms with E-state index in [0.29, 0.717) is 30.8 Å². The third-order valence-electron chi connectivity index (χ3n) is 3.89. The van der Waals surface area contributed by atoms with Gasteiger partial charge in [-0.25, -0.2) is 4.98 Å². The molecule has 0 radical (unpaired) electrons. The van der Waals surface area contributed by atoms with Crippen molar-refractivity contribution in [1.29, 1.82) is 0 Å². The Morgan fingerprint density at radius 3 is 2.92 bits per heavy atom. The molecule has 2 aromatic heterocycles. The molecule has 0 unspecified atom stereocenters. The van der Waals surface area contributed by atoms with Gasteiger partial charge in [-0.15, -0.1) is 0 Å². The van der Waals surface area contributed by atoms with Crippen molar-refractivity contribution in [1.82, 2.24) is 14.9 Å². The maximum atomic E-state index is 12.2. The molecule has 25 heavy (non-hydrogen) atoms. The standard InChI is InChI=1S/C18H19N3O4/c1-3-13-10-16(22)21(11-20-13)8-7-19-18(23)15-9-12-5-4-6-14(24-2)17(12)25-15/h4-6,9-11H,3,7-8H2,1-2H3,(H,19,23). The number of amides is 1. The number of benzene rings is 1. The summed E-state index contributed by atoms with van der Waals surface area (Å²) in [6.45, 7) is 2.57. The van der Waals surface area contributed by atoms with Crippen LogP contribution in [-0.2, 0) is 13.0 Å². The molecule has 0 aliphatic rings.